The highest BCUT2D eigenvalue weighted by atomic mass is 32.1. The summed E-state index contributed by atoms with van der Waals surface area (Å²) in [4.78, 5) is 26.4. The molecule has 0 aliphatic carbocycles. The number of hydrogen-bond donors (Lipinski definition) is 1. The lowest BCUT2D eigenvalue weighted by atomic mass is 10.1. The normalized spacial score (nSPS) is 18.4. The second-order valence-corrected chi connectivity index (χ2v) is 5.84. The molecular formula is C14H15N3O2S. The van der Waals surface area contributed by atoms with Crippen LogP contribution in [0.25, 0.3) is 0 Å². The van der Waals surface area contributed by atoms with Crippen LogP contribution in [0.4, 0.5) is 0 Å². The lowest BCUT2D eigenvalue weighted by molar-refractivity contribution is 0.0738. The number of nitrogens with one attached hydrogen (secondary N) is 1. The van der Waals surface area contributed by atoms with E-state index in [9.17, 15) is 9.59 Å². The minimum absolute atomic E-state index is 0.000370. The Morgan fingerprint density at radius 3 is 3.00 bits per heavy atom. The number of likely N-dealkylation sites (tertiary alicyclic amines) is 1. The van der Waals surface area contributed by atoms with E-state index in [2.05, 4.69) is 10.2 Å². The summed E-state index contributed by atoms with van der Waals surface area (Å²) in [6.45, 7) is 2.26. The van der Waals surface area contributed by atoms with Crippen LogP contribution in [0.2, 0.25) is 0 Å². The predicted octanol–water partition coefficient (Wildman–Crippen LogP) is 2.65. The molecule has 0 saturated carbocycles. The summed E-state index contributed by atoms with van der Waals surface area (Å²) >= 11 is 1.33. The molecule has 3 rings (SSSR count). The van der Waals surface area contributed by atoms with Gasteiger partial charge < -0.3 is 4.90 Å². The smallest absolute Gasteiger partial charge is 0.264 e. The number of aromatic amines is 1. The fourth-order valence-corrected chi connectivity index (χ4v) is 3.46. The Balaban J connectivity index is 1.83. The highest BCUT2D eigenvalue weighted by Crippen LogP contribution is 2.32. The van der Waals surface area contributed by atoms with Gasteiger partial charge in [0, 0.05) is 23.7 Å². The Kier molecular flexibility index (Phi) is 3.40. The number of ketones is 1. The minimum Gasteiger partial charge on any atom is -0.329 e. The first kappa shape index (κ1) is 13.1. The molecule has 1 unspecified atom stereocenters. The Morgan fingerprint density at radius 1 is 1.50 bits per heavy atom. The Bertz CT molecular complexity index is 633. The number of Topliss-reactive ketones (excluding diaryl/α,β-unsaturated/α-hetero) is 1. The number of hydrogen-bond acceptors (Lipinski definition) is 4. The first-order valence-electron chi connectivity index (χ1n) is 6.56. The SMILES string of the molecule is CC(=O)c1csc(C(=O)N2CCCC2c2ccn[nH]2)c1. The zero-order valence-electron chi connectivity index (χ0n) is 11.1. The van der Waals surface area contributed by atoms with Gasteiger partial charge in [-0.1, -0.05) is 0 Å². The zero-order valence-corrected chi connectivity index (χ0v) is 11.9. The summed E-state index contributed by atoms with van der Waals surface area (Å²) in [6, 6.07) is 3.66. The van der Waals surface area contributed by atoms with Crippen molar-refractivity contribution in [2.45, 2.75) is 25.8 Å². The van der Waals surface area contributed by atoms with Gasteiger partial charge in [0.25, 0.3) is 5.91 Å². The van der Waals surface area contributed by atoms with Gasteiger partial charge in [0.1, 0.15) is 0 Å². The maximum atomic E-state index is 12.6. The second-order valence-electron chi connectivity index (χ2n) is 4.92. The van der Waals surface area contributed by atoms with E-state index >= 15 is 0 Å². The van der Waals surface area contributed by atoms with Crippen molar-refractivity contribution in [2.24, 2.45) is 0 Å². The van der Waals surface area contributed by atoms with Gasteiger partial charge in [0.2, 0.25) is 0 Å². The number of H-pyrrole nitrogens is 1. The summed E-state index contributed by atoms with van der Waals surface area (Å²) in [5.41, 5.74) is 1.58. The van der Waals surface area contributed by atoms with Crippen LogP contribution in [-0.4, -0.2) is 33.3 Å². The minimum atomic E-state index is -0.00756. The van der Waals surface area contributed by atoms with Crippen molar-refractivity contribution in [1.82, 2.24) is 15.1 Å². The molecule has 3 heterocycles. The van der Waals surface area contributed by atoms with Crippen LogP contribution in [0, 0.1) is 0 Å². The fourth-order valence-electron chi connectivity index (χ4n) is 2.56. The van der Waals surface area contributed by atoms with E-state index in [4.69, 9.17) is 0 Å². The Hall–Kier alpha value is -1.95. The van der Waals surface area contributed by atoms with Gasteiger partial charge >= 0.3 is 0 Å². The van der Waals surface area contributed by atoms with Crippen molar-refractivity contribution >= 4 is 23.0 Å². The molecule has 1 saturated heterocycles. The van der Waals surface area contributed by atoms with Gasteiger partial charge in [-0.05, 0) is 31.9 Å². The van der Waals surface area contributed by atoms with Gasteiger partial charge in [-0.3, -0.25) is 14.7 Å². The van der Waals surface area contributed by atoms with E-state index < -0.39 is 0 Å². The molecular weight excluding hydrogens is 274 g/mol. The van der Waals surface area contributed by atoms with Crippen LogP contribution in [0.15, 0.2) is 23.7 Å². The third-order valence-electron chi connectivity index (χ3n) is 3.61. The van der Waals surface area contributed by atoms with Crippen LogP contribution in [0.3, 0.4) is 0 Å². The number of amides is 1. The van der Waals surface area contributed by atoms with Crippen LogP contribution < -0.4 is 0 Å². The molecule has 0 radical (unpaired) electrons. The Labute approximate surface area is 120 Å². The van der Waals surface area contributed by atoms with Crippen LogP contribution in [0.1, 0.15) is 51.5 Å². The quantitative estimate of drug-likeness (QED) is 0.883. The largest absolute Gasteiger partial charge is 0.329 e. The standard InChI is InChI=1S/C14H15N3O2S/c1-9(18)10-7-13(20-8-10)14(19)17-6-2-3-12(17)11-4-5-15-16-11/h4-5,7-8,12H,2-3,6H2,1H3,(H,15,16). The summed E-state index contributed by atoms with van der Waals surface area (Å²) in [5.74, 6) is -0.00793. The molecule has 104 valence electrons. The third-order valence-corrected chi connectivity index (χ3v) is 4.53. The molecule has 20 heavy (non-hydrogen) atoms. The molecule has 5 nitrogen and oxygen atoms in total. The topological polar surface area (TPSA) is 66.1 Å². The molecule has 1 aliphatic rings. The summed E-state index contributed by atoms with van der Waals surface area (Å²) in [6.07, 6.45) is 3.63. The molecule has 0 bridgehead atoms. The second kappa shape index (κ2) is 5.20. The lowest BCUT2D eigenvalue weighted by Gasteiger charge is -2.23. The van der Waals surface area contributed by atoms with Gasteiger partial charge in [0.05, 0.1) is 16.6 Å². The highest BCUT2D eigenvalue weighted by Gasteiger charge is 2.32. The molecule has 2 aromatic heterocycles. The summed E-state index contributed by atoms with van der Waals surface area (Å²) in [7, 11) is 0. The molecule has 0 spiro atoms. The van der Waals surface area contributed by atoms with Gasteiger partial charge in [-0.2, -0.15) is 5.10 Å². The molecule has 1 amide bonds. The number of thiophene rings is 1. The van der Waals surface area contributed by atoms with E-state index in [1.807, 2.05) is 11.0 Å². The lowest BCUT2D eigenvalue weighted by Crippen LogP contribution is -2.30. The zero-order chi connectivity index (χ0) is 14.1. The van der Waals surface area contributed by atoms with E-state index in [0.717, 1.165) is 25.1 Å². The summed E-state index contributed by atoms with van der Waals surface area (Å²) in [5, 5.41) is 8.65. The van der Waals surface area contributed by atoms with Crippen molar-refractivity contribution in [2.75, 3.05) is 6.54 Å². The van der Waals surface area contributed by atoms with E-state index in [1.165, 1.54) is 18.3 Å². The molecule has 1 aliphatic heterocycles. The van der Waals surface area contributed by atoms with Crippen molar-refractivity contribution in [1.29, 1.82) is 0 Å². The van der Waals surface area contributed by atoms with Crippen molar-refractivity contribution in [3.05, 3.63) is 39.8 Å². The van der Waals surface area contributed by atoms with Crippen LogP contribution in [-0.2, 0) is 0 Å². The average Bonchev–Trinajstić information content (AvgIpc) is 3.17. The highest BCUT2D eigenvalue weighted by molar-refractivity contribution is 7.12. The number of carbonyl (C=O) groups is 2. The van der Waals surface area contributed by atoms with E-state index in [1.54, 1.807) is 17.6 Å². The van der Waals surface area contributed by atoms with Crippen molar-refractivity contribution in [3.63, 3.8) is 0 Å². The molecule has 1 fully saturated rings. The predicted molar refractivity (Wildman–Crippen MR) is 75.9 cm³/mol. The average molecular weight is 289 g/mol. The molecule has 2 aromatic rings. The molecule has 1 atom stereocenters. The first-order valence-corrected chi connectivity index (χ1v) is 7.44. The number of rotatable bonds is 3. The molecule has 6 heteroatoms. The van der Waals surface area contributed by atoms with Crippen molar-refractivity contribution in [3.8, 4) is 0 Å². The number of nitrogens with zero attached hydrogens (tertiary/aromatic N) is 2. The molecule has 1 N–H and O–H groups in total. The molecule has 0 aromatic carbocycles. The van der Waals surface area contributed by atoms with E-state index in [-0.39, 0.29) is 17.7 Å². The Morgan fingerprint density at radius 2 is 2.35 bits per heavy atom. The van der Waals surface area contributed by atoms with Gasteiger partial charge in [-0.25, -0.2) is 0 Å². The number of carbonyl (C=O) groups excluding carboxylic acids is 2. The third kappa shape index (κ3) is 2.27. The maximum Gasteiger partial charge on any atom is 0.264 e. The number of aromatic nitrogens is 2. The fraction of sp³-hybridized carbons (Fsp3) is 0.357. The van der Waals surface area contributed by atoms with Gasteiger partial charge in [0.15, 0.2) is 5.78 Å². The van der Waals surface area contributed by atoms with Crippen LogP contribution >= 0.6 is 11.3 Å². The first-order chi connectivity index (χ1) is 9.66. The van der Waals surface area contributed by atoms with E-state index in [0.29, 0.717) is 10.4 Å². The van der Waals surface area contributed by atoms with Gasteiger partial charge in [-0.15, -0.1) is 11.3 Å². The monoisotopic (exact) mass is 289 g/mol. The van der Waals surface area contributed by atoms with Crippen molar-refractivity contribution < 1.29 is 9.59 Å². The maximum absolute atomic E-state index is 12.6. The summed E-state index contributed by atoms with van der Waals surface area (Å²) < 4.78 is 0. The van der Waals surface area contributed by atoms with Crippen LogP contribution in [0.5, 0.6) is 0 Å².